The largest absolute Gasteiger partial charge is 0.494 e. The third kappa shape index (κ3) is 6.45. The monoisotopic (exact) mass is 402 g/mol. The summed E-state index contributed by atoms with van der Waals surface area (Å²) in [4.78, 5) is 15.6. The quantitative estimate of drug-likeness (QED) is 0.568. The summed E-state index contributed by atoms with van der Waals surface area (Å²) < 4.78 is 12.0. The number of anilines is 1. The lowest BCUT2D eigenvalue weighted by Crippen LogP contribution is -2.48. The molecular weight excluding hydrogens is 364 g/mol. The molecule has 1 amide bonds. The van der Waals surface area contributed by atoms with E-state index in [9.17, 15) is 4.79 Å². The number of rotatable bonds is 10. The Kier molecular flexibility index (Phi) is 8.37. The van der Waals surface area contributed by atoms with Crippen molar-refractivity contribution < 1.29 is 14.3 Å². The van der Waals surface area contributed by atoms with Gasteiger partial charge in [-0.2, -0.15) is 0 Å². The normalized spacial score (nSPS) is 25.1. The molecule has 0 bridgehead atoms. The van der Waals surface area contributed by atoms with Crippen molar-refractivity contribution in [2.45, 2.75) is 70.8 Å². The SMILES string of the molecule is CCCO[C@@]1(C(=O)Nc2ccc(OCCCN3CCCC3)cc2)CCC[C@@H](C)C1. The van der Waals surface area contributed by atoms with Crippen molar-refractivity contribution in [1.29, 1.82) is 0 Å². The summed E-state index contributed by atoms with van der Waals surface area (Å²) in [7, 11) is 0. The van der Waals surface area contributed by atoms with Gasteiger partial charge in [0.15, 0.2) is 0 Å². The zero-order valence-electron chi connectivity index (χ0n) is 18.3. The molecule has 162 valence electrons. The standard InChI is InChI=1S/C24H38N2O3/c1-3-17-29-24(13-6-8-20(2)19-24)23(27)25-21-9-11-22(12-10-21)28-18-7-16-26-14-4-5-15-26/h9-12,20H,3-8,13-19H2,1-2H3,(H,25,27)/t20-,24+/m1/s1. The molecule has 1 saturated carbocycles. The fraction of sp³-hybridized carbons (Fsp3) is 0.708. The van der Waals surface area contributed by atoms with Crippen LogP contribution in [0, 0.1) is 5.92 Å². The van der Waals surface area contributed by atoms with Crippen LogP contribution in [0.3, 0.4) is 0 Å². The molecule has 1 aliphatic carbocycles. The topological polar surface area (TPSA) is 50.8 Å². The first kappa shape index (κ1) is 22.1. The van der Waals surface area contributed by atoms with Crippen LogP contribution in [0.1, 0.15) is 65.2 Å². The molecule has 2 atom stereocenters. The van der Waals surface area contributed by atoms with Gasteiger partial charge in [0.1, 0.15) is 11.4 Å². The molecule has 0 radical (unpaired) electrons. The second-order valence-corrected chi connectivity index (χ2v) is 8.77. The molecule has 0 spiro atoms. The Morgan fingerprint density at radius 2 is 1.93 bits per heavy atom. The molecule has 1 N–H and O–H groups in total. The van der Waals surface area contributed by atoms with Crippen LogP contribution in [0.5, 0.6) is 5.75 Å². The lowest BCUT2D eigenvalue weighted by atomic mass is 9.78. The molecule has 1 saturated heterocycles. The Morgan fingerprint density at radius 1 is 1.17 bits per heavy atom. The van der Waals surface area contributed by atoms with Crippen molar-refractivity contribution in [2.75, 3.05) is 38.2 Å². The summed E-state index contributed by atoms with van der Waals surface area (Å²) in [5.41, 5.74) is 0.121. The zero-order chi connectivity index (χ0) is 20.5. The van der Waals surface area contributed by atoms with Gasteiger partial charge in [-0.05, 0) is 88.2 Å². The van der Waals surface area contributed by atoms with Gasteiger partial charge in [0, 0.05) is 18.8 Å². The van der Waals surface area contributed by atoms with Gasteiger partial charge in [0.25, 0.3) is 5.91 Å². The van der Waals surface area contributed by atoms with Crippen LogP contribution in [0.25, 0.3) is 0 Å². The predicted octanol–water partition coefficient (Wildman–Crippen LogP) is 4.87. The van der Waals surface area contributed by atoms with E-state index in [1.54, 1.807) is 0 Å². The van der Waals surface area contributed by atoms with E-state index < -0.39 is 5.60 Å². The summed E-state index contributed by atoms with van der Waals surface area (Å²) in [5.74, 6) is 1.37. The average molecular weight is 403 g/mol. The number of carbonyl (C=O) groups excluding carboxylic acids is 1. The minimum Gasteiger partial charge on any atom is -0.494 e. The lowest BCUT2D eigenvalue weighted by molar-refractivity contribution is -0.148. The van der Waals surface area contributed by atoms with Crippen molar-refractivity contribution in [3.63, 3.8) is 0 Å². The number of likely N-dealkylation sites (tertiary alicyclic amines) is 1. The van der Waals surface area contributed by atoms with Gasteiger partial charge in [-0.3, -0.25) is 4.79 Å². The van der Waals surface area contributed by atoms with E-state index in [2.05, 4.69) is 24.1 Å². The first-order chi connectivity index (χ1) is 14.1. The minimum atomic E-state index is -0.682. The molecule has 1 aromatic rings. The zero-order valence-corrected chi connectivity index (χ0v) is 18.3. The highest BCUT2D eigenvalue weighted by Gasteiger charge is 2.42. The van der Waals surface area contributed by atoms with E-state index in [0.717, 1.165) is 56.7 Å². The smallest absolute Gasteiger partial charge is 0.256 e. The van der Waals surface area contributed by atoms with Gasteiger partial charge in [0.05, 0.1) is 6.61 Å². The number of benzene rings is 1. The van der Waals surface area contributed by atoms with Crippen molar-refractivity contribution in [3.8, 4) is 5.75 Å². The summed E-state index contributed by atoms with van der Waals surface area (Å²) in [6.45, 7) is 9.24. The number of carbonyl (C=O) groups is 1. The third-order valence-corrected chi connectivity index (χ3v) is 6.15. The van der Waals surface area contributed by atoms with Gasteiger partial charge < -0.3 is 19.7 Å². The molecule has 0 unspecified atom stereocenters. The second-order valence-electron chi connectivity index (χ2n) is 8.77. The van der Waals surface area contributed by atoms with Crippen LogP contribution >= 0.6 is 0 Å². The van der Waals surface area contributed by atoms with Crippen molar-refractivity contribution in [2.24, 2.45) is 5.92 Å². The highest BCUT2D eigenvalue weighted by atomic mass is 16.5. The van der Waals surface area contributed by atoms with Gasteiger partial charge in [-0.15, -0.1) is 0 Å². The Labute approximate surface area is 176 Å². The maximum Gasteiger partial charge on any atom is 0.256 e. The Balaban J connectivity index is 1.48. The fourth-order valence-electron chi connectivity index (χ4n) is 4.57. The molecule has 1 aliphatic heterocycles. The van der Waals surface area contributed by atoms with E-state index in [-0.39, 0.29) is 5.91 Å². The molecule has 2 fully saturated rings. The van der Waals surface area contributed by atoms with E-state index in [1.807, 2.05) is 24.3 Å². The van der Waals surface area contributed by atoms with Crippen LogP contribution in [0.2, 0.25) is 0 Å². The molecule has 29 heavy (non-hydrogen) atoms. The summed E-state index contributed by atoms with van der Waals surface area (Å²) in [6, 6.07) is 7.73. The average Bonchev–Trinajstić information content (AvgIpc) is 3.24. The molecule has 5 heteroatoms. The Hall–Kier alpha value is -1.59. The summed E-state index contributed by atoms with van der Waals surface area (Å²) >= 11 is 0. The van der Waals surface area contributed by atoms with Crippen LogP contribution in [0.15, 0.2) is 24.3 Å². The second kappa shape index (κ2) is 11.0. The molecule has 2 aliphatic rings. The van der Waals surface area contributed by atoms with Crippen molar-refractivity contribution >= 4 is 11.6 Å². The number of ether oxygens (including phenoxy) is 2. The third-order valence-electron chi connectivity index (χ3n) is 6.15. The van der Waals surface area contributed by atoms with Gasteiger partial charge >= 0.3 is 0 Å². The van der Waals surface area contributed by atoms with Crippen molar-refractivity contribution in [3.05, 3.63) is 24.3 Å². The molecular formula is C24H38N2O3. The van der Waals surface area contributed by atoms with Gasteiger partial charge in [-0.25, -0.2) is 0 Å². The number of hydrogen-bond acceptors (Lipinski definition) is 4. The highest BCUT2D eigenvalue weighted by molar-refractivity contribution is 5.97. The van der Waals surface area contributed by atoms with E-state index in [1.165, 1.54) is 32.4 Å². The van der Waals surface area contributed by atoms with E-state index in [4.69, 9.17) is 9.47 Å². The number of nitrogens with one attached hydrogen (secondary N) is 1. The van der Waals surface area contributed by atoms with Crippen LogP contribution in [-0.2, 0) is 9.53 Å². The first-order valence-corrected chi connectivity index (χ1v) is 11.5. The lowest BCUT2D eigenvalue weighted by Gasteiger charge is -2.38. The molecule has 1 aromatic carbocycles. The van der Waals surface area contributed by atoms with Gasteiger partial charge in [0.2, 0.25) is 0 Å². The van der Waals surface area contributed by atoms with Crippen LogP contribution in [0.4, 0.5) is 5.69 Å². The highest BCUT2D eigenvalue weighted by Crippen LogP contribution is 2.36. The number of nitrogens with zero attached hydrogens (tertiary/aromatic N) is 1. The van der Waals surface area contributed by atoms with Crippen LogP contribution < -0.4 is 10.1 Å². The van der Waals surface area contributed by atoms with Crippen LogP contribution in [-0.4, -0.2) is 49.3 Å². The fourth-order valence-corrected chi connectivity index (χ4v) is 4.57. The van der Waals surface area contributed by atoms with E-state index >= 15 is 0 Å². The Bertz CT molecular complexity index is 628. The molecule has 1 heterocycles. The molecule has 3 rings (SSSR count). The maximum atomic E-state index is 13.1. The maximum absolute atomic E-state index is 13.1. The van der Waals surface area contributed by atoms with E-state index in [0.29, 0.717) is 12.5 Å². The van der Waals surface area contributed by atoms with Gasteiger partial charge in [-0.1, -0.05) is 20.3 Å². The Morgan fingerprint density at radius 3 is 2.62 bits per heavy atom. The predicted molar refractivity (Wildman–Crippen MR) is 117 cm³/mol. The summed E-state index contributed by atoms with van der Waals surface area (Å²) in [5, 5.41) is 3.09. The van der Waals surface area contributed by atoms with Crippen molar-refractivity contribution in [1.82, 2.24) is 4.90 Å². The molecule has 0 aromatic heterocycles. The minimum absolute atomic E-state index is 0.00298. The number of hydrogen-bond donors (Lipinski definition) is 1. The first-order valence-electron chi connectivity index (χ1n) is 11.5. The summed E-state index contributed by atoms with van der Waals surface area (Å²) in [6.07, 6.45) is 8.46. The number of amides is 1. The molecule has 5 nitrogen and oxygen atoms in total.